The fourth-order valence-electron chi connectivity index (χ4n) is 4.88. The molecule has 2 aromatic rings. The molecule has 4 rings (SSSR count). The minimum absolute atomic E-state index is 0.0161. The van der Waals surface area contributed by atoms with Gasteiger partial charge in [-0.2, -0.15) is 5.26 Å². The van der Waals surface area contributed by atoms with E-state index >= 15 is 0 Å². The SMILES string of the molecule is Cc1cc(C)c(C2C3=C(CCCC3=O)OC(=N)C2C#N)c(C)c1COc1ccc(Cl)cc1. The number of hydrogen-bond acceptors (Lipinski definition) is 5. The summed E-state index contributed by atoms with van der Waals surface area (Å²) in [4.78, 5) is 12.9. The Kier molecular flexibility index (Phi) is 6.08. The van der Waals surface area contributed by atoms with Crippen molar-refractivity contribution in [3.63, 3.8) is 0 Å². The number of nitrogens with zero attached hydrogens (tertiary/aromatic N) is 1. The lowest BCUT2D eigenvalue weighted by atomic mass is 9.71. The summed E-state index contributed by atoms with van der Waals surface area (Å²) in [5.41, 5.74) is 5.58. The molecule has 0 saturated heterocycles. The van der Waals surface area contributed by atoms with E-state index in [4.69, 9.17) is 26.5 Å². The Morgan fingerprint density at radius 2 is 1.91 bits per heavy atom. The zero-order chi connectivity index (χ0) is 23.0. The van der Waals surface area contributed by atoms with Gasteiger partial charge in [-0.25, -0.2) is 0 Å². The van der Waals surface area contributed by atoms with E-state index in [0.29, 0.717) is 48.0 Å². The molecule has 1 N–H and O–H groups in total. The largest absolute Gasteiger partial charge is 0.489 e. The van der Waals surface area contributed by atoms with E-state index in [2.05, 4.69) is 12.1 Å². The second-order valence-corrected chi connectivity index (χ2v) is 8.87. The number of Topliss-reactive ketones (excluding diaryl/α,β-unsaturated/α-hetero) is 1. The van der Waals surface area contributed by atoms with E-state index in [1.54, 1.807) is 12.1 Å². The number of carbonyl (C=O) groups is 1. The molecule has 164 valence electrons. The van der Waals surface area contributed by atoms with Gasteiger partial charge in [-0.1, -0.05) is 17.7 Å². The van der Waals surface area contributed by atoms with Crippen molar-refractivity contribution < 1.29 is 14.3 Å². The molecule has 5 nitrogen and oxygen atoms in total. The van der Waals surface area contributed by atoms with Gasteiger partial charge in [0, 0.05) is 29.4 Å². The standard InChI is InChI=1S/C26H25ClN2O3/c1-14-11-15(2)23(16(3)20(14)13-31-18-9-7-17(27)8-10-18)24-19(12-28)26(29)32-22-6-4-5-21(30)25(22)24/h7-11,19,24,29H,4-6,13H2,1-3H3. The van der Waals surface area contributed by atoms with Crippen molar-refractivity contribution in [1.29, 1.82) is 10.7 Å². The van der Waals surface area contributed by atoms with E-state index < -0.39 is 11.8 Å². The fraction of sp³-hybridized carbons (Fsp3) is 0.346. The molecular weight excluding hydrogens is 424 g/mol. The van der Waals surface area contributed by atoms with Crippen LogP contribution in [0.2, 0.25) is 5.02 Å². The van der Waals surface area contributed by atoms with Gasteiger partial charge in [-0.3, -0.25) is 10.2 Å². The molecule has 0 aromatic heterocycles. The Balaban J connectivity index is 1.80. The first-order valence-electron chi connectivity index (χ1n) is 10.7. The number of nitriles is 1. The summed E-state index contributed by atoms with van der Waals surface area (Å²) in [6.07, 6.45) is 1.77. The molecule has 1 aliphatic carbocycles. The van der Waals surface area contributed by atoms with Gasteiger partial charge in [0.15, 0.2) is 5.78 Å². The van der Waals surface area contributed by atoms with E-state index in [1.165, 1.54) is 0 Å². The number of halogens is 1. The zero-order valence-electron chi connectivity index (χ0n) is 18.4. The highest BCUT2D eigenvalue weighted by Gasteiger charge is 2.43. The topological polar surface area (TPSA) is 83.2 Å². The third-order valence-electron chi connectivity index (χ3n) is 6.41. The smallest absolute Gasteiger partial charge is 0.205 e. The first kappa shape index (κ1) is 22.1. The Bertz CT molecular complexity index is 1180. The first-order valence-corrected chi connectivity index (χ1v) is 11.1. The zero-order valence-corrected chi connectivity index (χ0v) is 19.2. The van der Waals surface area contributed by atoms with Crippen LogP contribution in [0.5, 0.6) is 5.75 Å². The minimum atomic E-state index is -0.832. The van der Waals surface area contributed by atoms with Crippen LogP contribution < -0.4 is 4.74 Å². The third kappa shape index (κ3) is 3.91. The number of ketones is 1. The molecule has 0 amide bonds. The van der Waals surface area contributed by atoms with Gasteiger partial charge < -0.3 is 9.47 Å². The maximum absolute atomic E-state index is 12.9. The molecule has 6 heteroatoms. The van der Waals surface area contributed by atoms with E-state index in [-0.39, 0.29) is 11.7 Å². The number of nitrogens with one attached hydrogen (secondary N) is 1. The molecule has 1 heterocycles. The van der Waals surface area contributed by atoms with Crippen LogP contribution >= 0.6 is 11.6 Å². The number of allylic oxidation sites excluding steroid dienone is 2. The molecule has 0 fully saturated rings. The number of benzene rings is 2. The quantitative estimate of drug-likeness (QED) is 0.614. The molecule has 2 aromatic carbocycles. The molecule has 2 atom stereocenters. The summed E-state index contributed by atoms with van der Waals surface area (Å²) < 4.78 is 11.7. The maximum atomic E-state index is 12.9. The van der Waals surface area contributed by atoms with Crippen molar-refractivity contribution in [2.75, 3.05) is 0 Å². The molecule has 0 spiro atoms. The Morgan fingerprint density at radius 1 is 1.19 bits per heavy atom. The van der Waals surface area contributed by atoms with Crippen molar-refractivity contribution in [3.05, 3.63) is 74.5 Å². The van der Waals surface area contributed by atoms with Crippen molar-refractivity contribution in [1.82, 2.24) is 0 Å². The first-order chi connectivity index (χ1) is 15.3. The second-order valence-electron chi connectivity index (χ2n) is 8.43. The monoisotopic (exact) mass is 448 g/mol. The number of aryl methyl sites for hydroxylation is 2. The van der Waals surface area contributed by atoms with Crippen molar-refractivity contribution in [2.45, 2.75) is 52.6 Å². The normalized spacial score (nSPS) is 20.5. The van der Waals surface area contributed by atoms with Crippen molar-refractivity contribution in [3.8, 4) is 11.8 Å². The predicted octanol–water partition coefficient (Wildman–Crippen LogP) is 6.08. The minimum Gasteiger partial charge on any atom is -0.489 e. The lowest BCUT2D eigenvalue weighted by Gasteiger charge is -2.36. The highest BCUT2D eigenvalue weighted by Crippen LogP contribution is 2.46. The van der Waals surface area contributed by atoms with Gasteiger partial charge in [0.05, 0.1) is 6.07 Å². The molecule has 0 saturated carbocycles. The van der Waals surface area contributed by atoms with Gasteiger partial charge >= 0.3 is 0 Å². The summed E-state index contributed by atoms with van der Waals surface area (Å²) in [7, 11) is 0. The van der Waals surface area contributed by atoms with E-state index in [0.717, 1.165) is 27.8 Å². The Morgan fingerprint density at radius 3 is 2.59 bits per heavy atom. The van der Waals surface area contributed by atoms with Crippen LogP contribution in [0.25, 0.3) is 0 Å². The van der Waals surface area contributed by atoms with Crippen molar-refractivity contribution >= 4 is 23.3 Å². The van der Waals surface area contributed by atoms with Gasteiger partial charge in [-0.15, -0.1) is 0 Å². The Hall–Kier alpha value is -3.10. The Labute approximate surface area is 193 Å². The fourth-order valence-corrected chi connectivity index (χ4v) is 5.00. The van der Waals surface area contributed by atoms with Crippen molar-refractivity contribution in [2.24, 2.45) is 5.92 Å². The van der Waals surface area contributed by atoms with Crippen LogP contribution in [0, 0.1) is 43.4 Å². The van der Waals surface area contributed by atoms with Crippen LogP contribution in [-0.2, 0) is 16.1 Å². The number of hydrogen-bond donors (Lipinski definition) is 1. The number of carbonyl (C=O) groups excluding carboxylic acids is 1. The molecule has 0 radical (unpaired) electrons. The molecule has 2 aliphatic rings. The molecular formula is C26H25ClN2O3. The summed E-state index contributed by atoms with van der Waals surface area (Å²) in [5, 5.41) is 18.9. The maximum Gasteiger partial charge on any atom is 0.205 e. The highest BCUT2D eigenvalue weighted by molar-refractivity contribution is 6.30. The molecule has 0 bridgehead atoms. The van der Waals surface area contributed by atoms with E-state index in [9.17, 15) is 10.1 Å². The summed E-state index contributed by atoms with van der Waals surface area (Å²) >= 11 is 5.97. The van der Waals surface area contributed by atoms with Gasteiger partial charge in [-0.05, 0) is 79.3 Å². The predicted molar refractivity (Wildman–Crippen MR) is 123 cm³/mol. The van der Waals surface area contributed by atoms with E-state index in [1.807, 2.05) is 32.9 Å². The molecule has 1 aliphatic heterocycles. The number of rotatable bonds is 4. The summed E-state index contributed by atoms with van der Waals surface area (Å²) in [6, 6.07) is 11.5. The highest BCUT2D eigenvalue weighted by atomic mass is 35.5. The lowest BCUT2D eigenvalue weighted by molar-refractivity contribution is -0.116. The average molecular weight is 449 g/mol. The molecule has 2 unspecified atom stereocenters. The summed E-state index contributed by atoms with van der Waals surface area (Å²) in [6.45, 7) is 6.40. The summed E-state index contributed by atoms with van der Waals surface area (Å²) in [5.74, 6) is -0.127. The average Bonchev–Trinajstić information content (AvgIpc) is 2.74. The van der Waals surface area contributed by atoms with Crippen LogP contribution in [0.1, 0.15) is 53.0 Å². The van der Waals surface area contributed by atoms with Crippen LogP contribution in [0.4, 0.5) is 0 Å². The second kappa shape index (κ2) is 8.80. The number of ether oxygens (including phenoxy) is 2. The van der Waals surface area contributed by atoms with Gasteiger partial charge in [0.2, 0.25) is 5.90 Å². The lowest BCUT2D eigenvalue weighted by Crippen LogP contribution is -2.35. The molecule has 32 heavy (non-hydrogen) atoms. The van der Waals surface area contributed by atoms with Gasteiger partial charge in [0.25, 0.3) is 0 Å². The van der Waals surface area contributed by atoms with Crippen LogP contribution in [0.15, 0.2) is 41.7 Å². The van der Waals surface area contributed by atoms with Gasteiger partial charge in [0.1, 0.15) is 24.0 Å². The third-order valence-corrected chi connectivity index (χ3v) is 6.66. The van der Waals surface area contributed by atoms with Crippen LogP contribution in [0.3, 0.4) is 0 Å². The van der Waals surface area contributed by atoms with Crippen LogP contribution in [-0.4, -0.2) is 11.7 Å².